The van der Waals surface area contributed by atoms with Crippen molar-refractivity contribution in [2.75, 3.05) is 0 Å². The monoisotopic (exact) mass is 312 g/mol. The summed E-state index contributed by atoms with van der Waals surface area (Å²) >= 11 is 5.87. The average Bonchev–Trinajstić information content (AvgIpc) is 2.86. The molecule has 0 saturated heterocycles. The maximum atomic E-state index is 12.2. The van der Waals surface area contributed by atoms with Crippen LogP contribution in [0.2, 0.25) is 5.02 Å². The number of nitrogens with one attached hydrogen (secondary N) is 1. The van der Waals surface area contributed by atoms with Crippen LogP contribution in [-0.2, 0) is 4.79 Å². The Kier molecular flexibility index (Phi) is 4.42. The molecule has 0 aliphatic heterocycles. The summed E-state index contributed by atoms with van der Waals surface area (Å²) in [7, 11) is 0. The topological polar surface area (TPSA) is 110 Å². The molecule has 1 aromatic rings. The van der Waals surface area contributed by atoms with Crippen molar-refractivity contribution in [3.8, 4) is 0 Å². The van der Waals surface area contributed by atoms with Gasteiger partial charge in [-0.1, -0.05) is 17.7 Å². The van der Waals surface area contributed by atoms with E-state index in [1.54, 1.807) is 0 Å². The van der Waals surface area contributed by atoms with Crippen LogP contribution in [0.15, 0.2) is 18.2 Å². The van der Waals surface area contributed by atoms with Gasteiger partial charge in [0.15, 0.2) is 0 Å². The van der Waals surface area contributed by atoms with Crippen molar-refractivity contribution in [2.24, 2.45) is 5.92 Å². The number of benzene rings is 1. The minimum atomic E-state index is -0.893. The van der Waals surface area contributed by atoms with E-state index in [2.05, 4.69) is 5.32 Å². The highest BCUT2D eigenvalue weighted by atomic mass is 35.5. The van der Waals surface area contributed by atoms with E-state index < -0.39 is 22.7 Å². The minimum absolute atomic E-state index is 0.00511. The summed E-state index contributed by atoms with van der Waals surface area (Å²) in [5.41, 5.74) is -0.560. The molecule has 2 atom stereocenters. The van der Waals surface area contributed by atoms with E-state index >= 15 is 0 Å². The number of hydrogen-bond donors (Lipinski definition) is 2. The zero-order valence-electron chi connectivity index (χ0n) is 10.9. The second-order valence-electron chi connectivity index (χ2n) is 4.91. The molecule has 21 heavy (non-hydrogen) atoms. The van der Waals surface area contributed by atoms with Crippen LogP contribution in [0, 0.1) is 16.0 Å². The standard InChI is InChI=1S/C13H13ClN2O5/c14-9-2-1-3-10(16(20)21)11(9)12(17)15-8-5-4-7(6-8)13(18)19/h1-3,7-8H,4-6H2,(H,15,17)(H,18,19)/t7-,8+/m1/s1. The quantitative estimate of drug-likeness (QED) is 0.654. The minimum Gasteiger partial charge on any atom is -0.481 e. The molecule has 112 valence electrons. The Morgan fingerprint density at radius 2 is 2.10 bits per heavy atom. The summed E-state index contributed by atoms with van der Waals surface area (Å²) in [4.78, 5) is 33.3. The molecule has 2 N–H and O–H groups in total. The van der Waals surface area contributed by atoms with Gasteiger partial charge in [-0.25, -0.2) is 0 Å². The molecule has 0 radical (unpaired) electrons. The van der Waals surface area contributed by atoms with E-state index in [1.165, 1.54) is 18.2 Å². The van der Waals surface area contributed by atoms with Crippen LogP contribution in [0.4, 0.5) is 5.69 Å². The fourth-order valence-electron chi connectivity index (χ4n) is 2.48. The first-order valence-electron chi connectivity index (χ1n) is 6.36. The van der Waals surface area contributed by atoms with Crippen LogP contribution >= 0.6 is 11.6 Å². The van der Waals surface area contributed by atoms with Gasteiger partial charge in [-0.3, -0.25) is 19.7 Å². The lowest BCUT2D eigenvalue weighted by Crippen LogP contribution is -2.34. The lowest BCUT2D eigenvalue weighted by molar-refractivity contribution is -0.385. The number of nitrogens with zero attached hydrogens (tertiary/aromatic N) is 1. The Morgan fingerprint density at radius 1 is 1.38 bits per heavy atom. The number of carboxylic acid groups (broad SMARTS) is 1. The summed E-state index contributed by atoms with van der Waals surface area (Å²) < 4.78 is 0. The number of carbonyl (C=O) groups is 2. The molecule has 1 fully saturated rings. The molecule has 2 rings (SSSR count). The highest BCUT2D eigenvalue weighted by molar-refractivity contribution is 6.34. The van der Waals surface area contributed by atoms with Crippen molar-refractivity contribution in [3.05, 3.63) is 38.9 Å². The second kappa shape index (κ2) is 6.09. The Morgan fingerprint density at radius 3 is 2.67 bits per heavy atom. The third kappa shape index (κ3) is 3.30. The predicted octanol–water partition coefficient (Wildman–Crippen LogP) is 2.23. The molecule has 1 aromatic carbocycles. The van der Waals surface area contributed by atoms with Gasteiger partial charge in [-0.2, -0.15) is 0 Å². The van der Waals surface area contributed by atoms with Gasteiger partial charge in [0.1, 0.15) is 5.56 Å². The number of halogens is 1. The van der Waals surface area contributed by atoms with Crippen molar-refractivity contribution in [3.63, 3.8) is 0 Å². The van der Waals surface area contributed by atoms with E-state index in [0.29, 0.717) is 19.3 Å². The number of carbonyl (C=O) groups excluding carboxylic acids is 1. The predicted molar refractivity (Wildman–Crippen MR) is 74.3 cm³/mol. The third-order valence-electron chi connectivity index (χ3n) is 3.53. The number of aliphatic carboxylic acids is 1. The fraction of sp³-hybridized carbons (Fsp3) is 0.385. The van der Waals surface area contributed by atoms with Gasteiger partial charge >= 0.3 is 5.97 Å². The highest BCUT2D eigenvalue weighted by Gasteiger charge is 2.32. The summed E-state index contributed by atoms with van der Waals surface area (Å²) in [5, 5.41) is 22.5. The molecular weight excluding hydrogens is 300 g/mol. The van der Waals surface area contributed by atoms with Crippen molar-refractivity contribution in [1.29, 1.82) is 0 Å². The van der Waals surface area contributed by atoms with Crippen molar-refractivity contribution in [1.82, 2.24) is 5.32 Å². The van der Waals surface area contributed by atoms with Crippen molar-refractivity contribution < 1.29 is 19.6 Å². The maximum absolute atomic E-state index is 12.2. The van der Waals surface area contributed by atoms with Gasteiger partial charge in [0, 0.05) is 12.1 Å². The van der Waals surface area contributed by atoms with Crippen LogP contribution in [0.25, 0.3) is 0 Å². The van der Waals surface area contributed by atoms with Crippen LogP contribution in [-0.4, -0.2) is 27.9 Å². The number of nitro benzene ring substituents is 1. The van der Waals surface area contributed by atoms with Crippen LogP contribution in [0.5, 0.6) is 0 Å². The Hall–Kier alpha value is -2.15. The zero-order valence-corrected chi connectivity index (χ0v) is 11.7. The summed E-state index contributed by atoms with van der Waals surface area (Å²) in [6, 6.07) is 3.69. The average molecular weight is 313 g/mol. The molecule has 8 heteroatoms. The summed E-state index contributed by atoms with van der Waals surface area (Å²) in [5.74, 6) is -2.03. The molecule has 0 bridgehead atoms. The molecule has 1 aliphatic carbocycles. The van der Waals surface area contributed by atoms with Crippen molar-refractivity contribution >= 4 is 29.2 Å². The molecule has 1 aliphatic rings. The van der Waals surface area contributed by atoms with Crippen LogP contribution in [0.1, 0.15) is 29.6 Å². The van der Waals surface area contributed by atoms with Gasteiger partial charge in [-0.15, -0.1) is 0 Å². The number of hydrogen-bond acceptors (Lipinski definition) is 4. The molecule has 0 spiro atoms. The lowest BCUT2D eigenvalue weighted by Gasteiger charge is -2.13. The smallest absolute Gasteiger partial charge is 0.306 e. The highest BCUT2D eigenvalue weighted by Crippen LogP contribution is 2.29. The Bertz CT molecular complexity index is 604. The van der Waals surface area contributed by atoms with Gasteiger partial charge in [0.2, 0.25) is 0 Å². The molecule has 1 amide bonds. The zero-order chi connectivity index (χ0) is 15.6. The molecular formula is C13H13ClN2O5. The largest absolute Gasteiger partial charge is 0.481 e. The van der Waals surface area contributed by atoms with Crippen LogP contribution < -0.4 is 5.32 Å². The van der Waals surface area contributed by atoms with E-state index in [-0.39, 0.29) is 22.3 Å². The van der Waals surface area contributed by atoms with E-state index in [1.807, 2.05) is 0 Å². The third-order valence-corrected chi connectivity index (χ3v) is 3.85. The van der Waals surface area contributed by atoms with Gasteiger partial charge in [0.25, 0.3) is 11.6 Å². The molecule has 0 unspecified atom stereocenters. The van der Waals surface area contributed by atoms with Gasteiger partial charge < -0.3 is 10.4 Å². The first-order chi connectivity index (χ1) is 9.90. The summed E-state index contributed by atoms with van der Waals surface area (Å²) in [6.07, 6.45) is 1.32. The number of rotatable bonds is 4. The molecule has 0 heterocycles. The Labute approximate surface area is 125 Å². The van der Waals surface area contributed by atoms with Gasteiger partial charge in [-0.05, 0) is 25.3 Å². The van der Waals surface area contributed by atoms with Crippen molar-refractivity contribution in [2.45, 2.75) is 25.3 Å². The molecule has 1 saturated carbocycles. The SMILES string of the molecule is O=C(N[C@H]1CC[C@@H](C(=O)O)C1)c1c(Cl)cccc1[N+](=O)[O-]. The van der Waals surface area contributed by atoms with E-state index in [9.17, 15) is 19.7 Å². The maximum Gasteiger partial charge on any atom is 0.306 e. The second-order valence-corrected chi connectivity index (χ2v) is 5.32. The lowest BCUT2D eigenvalue weighted by atomic mass is 10.1. The Balaban J connectivity index is 2.15. The molecule has 7 nitrogen and oxygen atoms in total. The fourth-order valence-corrected chi connectivity index (χ4v) is 2.74. The van der Waals surface area contributed by atoms with Crippen LogP contribution in [0.3, 0.4) is 0 Å². The van der Waals surface area contributed by atoms with E-state index in [0.717, 1.165) is 0 Å². The van der Waals surface area contributed by atoms with E-state index in [4.69, 9.17) is 16.7 Å². The number of carboxylic acids is 1. The summed E-state index contributed by atoms with van der Waals surface area (Å²) in [6.45, 7) is 0. The molecule has 0 aromatic heterocycles. The number of amides is 1. The first kappa shape index (κ1) is 15.2. The van der Waals surface area contributed by atoms with Gasteiger partial charge in [0.05, 0.1) is 15.9 Å². The number of nitro groups is 1. The first-order valence-corrected chi connectivity index (χ1v) is 6.74. The normalized spacial score (nSPS) is 21.0.